The molecule has 38 heavy (non-hydrogen) atoms. The van der Waals surface area contributed by atoms with Gasteiger partial charge in [-0.05, 0) is 32.1 Å². The molecule has 0 radical (unpaired) electrons. The average Bonchev–Trinajstić information content (AvgIpc) is 2.81. The second-order valence-corrected chi connectivity index (χ2v) is 13.2. The molecule has 0 aliphatic rings. The van der Waals surface area contributed by atoms with Crippen LogP contribution in [0, 0.1) is 0 Å². The molecule has 1 atom stereocenters. The maximum atomic E-state index is 12.0. The molecule has 0 aromatic carbocycles. The molecule has 0 bridgehead atoms. The van der Waals surface area contributed by atoms with E-state index in [4.69, 9.17) is 4.55 Å². The molecule has 0 aromatic heterocycles. The number of rotatable bonds is 27. The van der Waals surface area contributed by atoms with E-state index in [0.717, 1.165) is 19.3 Å². The van der Waals surface area contributed by atoms with Crippen molar-refractivity contribution >= 4 is 16.0 Å². The van der Waals surface area contributed by atoms with E-state index < -0.39 is 22.0 Å². The van der Waals surface area contributed by atoms with E-state index in [-0.39, 0.29) is 12.5 Å². The third kappa shape index (κ3) is 28.1. The molecule has 7 nitrogen and oxygen atoms in total. The monoisotopic (exact) mass is 561 g/mol. The molecule has 3 N–H and O–H groups in total. The minimum Gasteiger partial charge on any atom is -0.386 e. The number of carbonyl (C=O) groups excluding carboxylic acids is 1. The van der Waals surface area contributed by atoms with E-state index in [0.29, 0.717) is 24.0 Å². The molecule has 0 saturated carbocycles. The zero-order chi connectivity index (χ0) is 28.5. The van der Waals surface area contributed by atoms with E-state index in [1.54, 1.807) is 0 Å². The van der Waals surface area contributed by atoms with Crippen LogP contribution in [-0.4, -0.2) is 74.1 Å². The summed E-state index contributed by atoms with van der Waals surface area (Å²) in [6, 6.07) is 0. The van der Waals surface area contributed by atoms with Crippen molar-refractivity contribution in [3.8, 4) is 0 Å². The van der Waals surface area contributed by atoms with Crippen molar-refractivity contribution < 1.29 is 27.4 Å². The SMILES string of the molecule is CCCCCCCC/C=C\CCCCCCCCCCCC(=O)NCCC[N+](C)(C)C[C@H](O)CS(=O)(=O)O. The zero-order valence-corrected chi connectivity index (χ0v) is 25.8. The van der Waals surface area contributed by atoms with Gasteiger partial charge in [0.05, 0.1) is 20.6 Å². The molecule has 0 saturated heterocycles. The second kappa shape index (κ2) is 23.9. The number of carbonyl (C=O) groups is 1. The van der Waals surface area contributed by atoms with E-state index in [1.165, 1.54) is 96.3 Å². The predicted octanol–water partition coefficient (Wildman–Crippen LogP) is 6.42. The maximum absolute atomic E-state index is 12.0. The summed E-state index contributed by atoms with van der Waals surface area (Å²) in [7, 11) is -0.392. The van der Waals surface area contributed by atoms with Crippen LogP contribution in [0.15, 0.2) is 12.2 Å². The summed E-state index contributed by atoms with van der Waals surface area (Å²) in [5.74, 6) is -0.564. The first-order valence-corrected chi connectivity index (χ1v) is 17.0. The van der Waals surface area contributed by atoms with Crippen LogP contribution in [0.5, 0.6) is 0 Å². The van der Waals surface area contributed by atoms with E-state index in [9.17, 15) is 18.3 Å². The molecule has 0 aliphatic carbocycles. The van der Waals surface area contributed by atoms with Gasteiger partial charge in [0.1, 0.15) is 18.4 Å². The Morgan fingerprint density at radius 1 is 0.789 bits per heavy atom. The molecular formula is C30H61N2O5S+. The summed E-state index contributed by atoms with van der Waals surface area (Å²) in [6.45, 7) is 3.76. The van der Waals surface area contributed by atoms with Crippen LogP contribution in [0.2, 0.25) is 0 Å². The lowest BCUT2D eigenvalue weighted by atomic mass is 10.1. The minimum atomic E-state index is -4.18. The first-order chi connectivity index (χ1) is 18.1. The lowest BCUT2D eigenvalue weighted by Crippen LogP contribution is -2.48. The number of quaternary nitrogens is 1. The molecule has 0 aromatic rings. The molecule has 0 fully saturated rings. The van der Waals surface area contributed by atoms with Gasteiger partial charge >= 0.3 is 0 Å². The van der Waals surface area contributed by atoms with Crippen LogP contribution < -0.4 is 5.32 Å². The van der Waals surface area contributed by atoms with E-state index in [1.807, 2.05) is 14.1 Å². The fourth-order valence-corrected chi connectivity index (χ4v) is 5.44. The van der Waals surface area contributed by atoms with Crippen LogP contribution >= 0.6 is 0 Å². The summed E-state index contributed by atoms with van der Waals surface area (Å²) in [5.41, 5.74) is 0. The van der Waals surface area contributed by atoms with Crippen LogP contribution in [0.25, 0.3) is 0 Å². The molecule has 226 valence electrons. The van der Waals surface area contributed by atoms with Crippen molar-refractivity contribution in [2.24, 2.45) is 0 Å². The number of aliphatic hydroxyl groups is 1. The van der Waals surface area contributed by atoms with Gasteiger partial charge in [0.15, 0.2) is 0 Å². The summed E-state index contributed by atoms with van der Waals surface area (Å²) >= 11 is 0. The van der Waals surface area contributed by atoms with Gasteiger partial charge in [0.25, 0.3) is 10.1 Å². The number of allylic oxidation sites excluding steroid dienone is 2. The Bertz CT molecular complexity index is 695. The average molecular weight is 562 g/mol. The molecule has 8 heteroatoms. The number of unbranched alkanes of at least 4 members (excludes halogenated alkanes) is 15. The standard InChI is InChI=1S/C30H60N2O5S/c1-4-5-6-7-8-9-10-11-12-13-14-15-16-17-18-19-20-21-22-24-30(34)31-25-23-26-32(2,3)27-29(33)28-38(35,36)37/h11-12,29,33H,4-10,13-28H2,1-3H3,(H-,31,34,35,36,37)/p+1/b12-11-/t29-/m0/s1. The molecular weight excluding hydrogens is 500 g/mol. The summed E-state index contributed by atoms with van der Waals surface area (Å²) in [4.78, 5) is 12.0. The fourth-order valence-electron chi connectivity index (χ4n) is 4.84. The number of amides is 1. The topological polar surface area (TPSA) is 104 Å². The van der Waals surface area contributed by atoms with Crippen molar-refractivity contribution in [2.75, 3.05) is 39.5 Å². The molecule has 0 spiro atoms. The van der Waals surface area contributed by atoms with Crippen LogP contribution in [0.1, 0.15) is 129 Å². The Labute approximate surface area is 235 Å². The molecule has 0 heterocycles. The Morgan fingerprint density at radius 3 is 1.76 bits per heavy atom. The highest BCUT2D eigenvalue weighted by Gasteiger charge is 2.24. The van der Waals surface area contributed by atoms with Crippen molar-refractivity contribution in [3.05, 3.63) is 12.2 Å². The van der Waals surface area contributed by atoms with Crippen molar-refractivity contribution in [3.63, 3.8) is 0 Å². The summed E-state index contributed by atoms with van der Waals surface area (Å²) in [6.07, 6.45) is 26.8. The van der Waals surface area contributed by atoms with E-state index >= 15 is 0 Å². The lowest BCUT2D eigenvalue weighted by Gasteiger charge is -2.31. The molecule has 1 amide bonds. The molecule has 0 rings (SSSR count). The Kier molecular flexibility index (Phi) is 23.3. The fraction of sp³-hybridized carbons (Fsp3) is 0.900. The summed E-state index contributed by atoms with van der Waals surface area (Å²) in [5, 5.41) is 12.8. The minimum absolute atomic E-state index is 0.0859. The predicted molar refractivity (Wildman–Crippen MR) is 160 cm³/mol. The lowest BCUT2D eigenvalue weighted by molar-refractivity contribution is -0.893. The van der Waals surface area contributed by atoms with Gasteiger partial charge in [-0.25, -0.2) is 0 Å². The number of nitrogens with one attached hydrogen (secondary N) is 1. The number of hydrogen-bond acceptors (Lipinski definition) is 4. The van der Waals surface area contributed by atoms with Crippen LogP contribution in [0.4, 0.5) is 0 Å². The highest BCUT2D eigenvalue weighted by molar-refractivity contribution is 7.85. The normalized spacial score (nSPS) is 13.3. The van der Waals surface area contributed by atoms with Crippen molar-refractivity contribution in [1.29, 1.82) is 0 Å². The Hall–Kier alpha value is -0.960. The molecule has 0 unspecified atom stereocenters. The van der Waals surface area contributed by atoms with Gasteiger partial charge in [0, 0.05) is 19.4 Å². The highest BCUT2D eigenvalue weighted by Crippen LogP contribution is 2.12. The zero-order valence-electron chi connectivity index (χ0n) is 25.0. The van der Waals surface area contributed by atoms with Gasteiger partial charge in [-0.1, -0.05) is 96.1 Å². The number of aliphatic hydroxyl groups excluding tert-OH is 1. The second-order valence-electron chi connectivity index (χ2n) is 11.7. The summed E-state index contributed by atoms with van der Waals surface area (Å²) < 4.78 is 31.0. The molecule has 0 aliphatic heterocycles. The van der Waals surface area contributed by atoms with Gasteiger partial charge in [-0.15, -0.1) is 0 Å². The first-order valence-electron chi connectivity index (χ1n) is 15.4. The largest absolute Gasteiger partial charge is 0.386 e. The Balaban J connectivity index is 3.47. The van der Waals surface area contributed by atoms with Gasteiger partial charge in [-0.2, -0.15) is 8.42 Å². The maximum Gasteiger partial charge on any atom is 0.267 e. The van der Waals surface area contributed by atoms with E-state index in [2.05, 4.69) is 24.4 Å². The third-order valence-corrected chi connectivity index (χ3v) is 7.84. The third-order valence-electron chi connectivity index (χ3n) is 7.04. The van der Waals surface area contributed by atoms with Crippen molar-refractivity contribution in [2.45, 2.75) is 135 Å². The van der Waals surface area contributed by atoms with Crippen molar-refractivity contribution in [1.82, 2.24) is 5.32 Å². The van der Waals surface area contributed by atoms with Crippen LogP contribution in [0.3, 0.4) is 0 Å². The Morgan fingerprint density at radius 2 is 1.26 bits per heavy atom. The van der Waals surface area contributed by atoms with Crippen LogP contribution in [-0.2, 0) is 14.9 Å². The quantitative estimate of drug-likeness (QED) is 0.0465. The van der Waals surface area contributed by atoms with Gasteiger partial charge < -0.3 is 14.9 Å². The van der Waals surface area contributed by atoms with Gasteiger partial charge in [-0.3, -0.25) is 9.35 Å². The first kappa shape index (κ1) is 37.0. The van der Waals surface area contributed by atoms with Gasteiger partial charge in [0.2, 0.25) is 5.91 Å². The smallest absolute Gasteiger partial charge is 0.267 e. The number of likely N-dealkylation sites (N-methyl/N-ethyl adjacent to an activating group) is 1. The number of hydrogen-bond donors (Lipinski definition) is 3. The number of nitrogens with zero attached hydrogens (tertiary/aromatic N) is 1. The highest BCUT2D eigenvalue weighted by atomic mass is 32.2.